The van der Waals surface area contributed by atoms with Crippen LogP contribution in [0, 0.1) is 22.7 Å². The number of nitrogen functional groups attached to an aromatic ring is 1. The fraction of sp³-hybridized carbons (Fsp3) is 0.176. The fourth-order valence-corrected chi connectivity index (χ4v) is 3.25. The monoisotopic (exact) mass is 353 g/mol. The Morgan fingerprint density at radius 2 is 1.88 bits per heavy atom. The molecule has 0 bridgehead atoms. The van der Waals surface area contributed by atoms with Crippen LogP contribution >= 0.6 is 11.8 Å². The number of nitriles is 2. The van der Waals surface area contributed by atoms with Crippen molar-refractivity contribution in [3.8, 4) is 29.0 Å². The molecule has 126 valence electrons. The van der Waals surface area contributed by atoms with Gasteiger partial charge >= 0.3 is 0 Å². The zero-order chi connectivity index (χ0) is 18.6. The number of anilines is 1. The number of phenols is 1. The molecule has 1 aromatic heterocycles. The molecule has 25 heavy (non-hydrogen) atoms. The number of phenolic OH excluding ortho intramolecular Hbond substituents is 1. The first-order valence-electron chi connectivity index (χ1n) is 7.31. The van der Waals surface area contributed by atoms with E-state index in [0.29, 0.717) is 17.5 Å². The Morgan fingerprint density at radius 1 is 1.28 bits per heavy atom. The molecular formula is C17H15N5O2S. The molecule has 0 saturated heterocycles. The standard InChI is InChI=1S/C17H15N5O2S/c1-2-13(16(21)24)25-17-12(8-19)14(11(7-18)15(20)22-17)9-3-5-10(23)6-4-9/h3-6,13,23H,2H2,1H3,(H2,20,22)(H2,21,24). The average molecular weight is 353 g/mol. The number of nitrogens with two attached hydrogens (primary N) is 2. The van der Waals surface area contributed by atoms with Crippen LogP contribution in [0.1, 0.15) is 24.5 Å². The molecule has 0 aliphatic rings. The summed E-state index contributed by atoms with van der Waals surface area (Å²) in [4.78, 5) is 15.6. The van der Waals surface area contributed by atoms with Crippen LogP contribution in [-0.2, 0) is 4.79 Å². The van der Waals surface area contributed by atoms with Gasteiger partial charge in [0.25, 0.3) is 0 Å². The van der Waals surface area contributed by atoms with Gasteiger partial charge in [-0.3, -0.25) is 4.79 Å². The van der Waals surface area contributed by atoms with E-state index in [1.165, 1.54) is 12.1 Å². The lowest BCUT2D eigenvalue weighted by Gasteiger charge is -2.15. The van der Waals surface area contributed by atoms with Crippen molar-refractivity contribution in [2.45, 2.75) is 23.6 Å². The number of benzene rings is 1. The van der Waals surface area contributed by atoms with Crippen LogP contribution in [0.5, 0.6) is 5.75 Å². The lowest BCUT2D eigenvalue weighted by molar-refractivity contribution is -0.117. The molecule has 8 heteroatoms. The lowest BCUT2D eigenvalue weighted by atomic mass is 9.97. The molecule has 0 radical (unpaired) electrons. The van der Waals surface area contributed by atoms with Crippen molar-refractivity contribution in [3.63, 3.8) is 0 Å². The zero-order valence-corrected chi connectivity index (χ0v) is 14.2. The number of aromatic hydroxyl groups is 1. The number of carbonyl (C=O) groups is 1. The van der Waals surface area contributed by atoms with Gasteiger partial charge in [0.2, 0.25) is 5.91 Å². The second-order valence-corrected chi connectivity index (χ2v) is 6.31. The summed E-state index contributed by atoms with van der Waals surface area (Å²) in [5.74, 6) is -0.504. The van der Waals surface area contributed by atoms with E-state index in [1.807, 2.05) is 12.1 Å². The Hall–Kier alpha value is -3.23. The molecule has 7 nitrogen and oxygen atoms in total. The predicted octanol–water partition coefficient (Wildman–Crippen LogP) is 2.14. The van der Waals surface area contributed by atoms with E-state index in [2.05, 4.69) is 4.98 Å². The number of primary amides is 1. The number of nitrogens with zero attached hydrogens (tertiary/aromatic N) is 3. The maximum atomic E-state index is 11.5. The molecule has 2 aromatic rings. The highest BCUT2D eigenvalue weighted by atomic mass is 32.2. The van der Waals surface area contributed by atoms with Gasteiger partial charge in [0.15, 0.2) is 0 Å². The normalized spacial score (nSPS) is 11.3. The Labute approximate surface area is 148 Å². The van der Waals surface area contributed by atoms with Crippen LogP contribution in [0.4, 0.5) is 5.82 Å². The number of aromatic nitrogens is 1. The quantitative estimate of drug-likeness (QED) is 0.697. The molecule has 5 N–H and O–H groups in total. The fourth-order valence-electron chi connectivity index (χ4n) is 2.28. The molecule has 1 aromatic carbocycles. The Bertz CT molecular complexity index is 897. The number of rotatable bonds is 5. The summed E-state index contributed by atoms with van der Waals surface area (Å²) in [6.45, 7) is 1.79. The van der Waals surface area contributed by atoms with Gasteiger partial charge in [0, 0.05) is 5.56 Å². The third-order valence-corrected chi connectivity index (χ3v) is 4.88. The second kappa shape index (κ2) is 7.56. The number of pyridine rings is 1. The Morgan fingerprint density at radius 3 is 2.36 bits per heavy atom. The minimum Gasteiger partial charge on any atom is -0.508 e. The minimum absolute atomic E-state index is 0.0357. The molecule has 0 spiro atoms. The van der Waals surface area contributed by atoms with Gasteiger partial charge in [-0.2, -0.15) is 10.5 Å². The highest BCUT2D eigenvalue weighted by Gasteiger charge is 2.24. The summed E-state index contributed by atoms with van der Waals surface area (Å²) >= 11 is 1.05. The van der Waals surface area contributed by atoms with E-state index >= 15 is 0 Å². The van der Waals surface area contributed by atoms with Crippen molar-refractivity contribution in [3.05, 3.63) is 35.4 Å². The van der Waals surface area contributed by atoms with E-state index in [4.69, 9.17) is 11.5 Å². The first-order valence-corrected chi connectivity index (χ1v) is 8.19. The molecule has 0 aliphatic heterocycles. The van der Waals surface area contributed by atoms with Crippen molar-refractivity contribution >= 4 is 23.5 Å². The van der Waals surface area contributed by atoms with Gasteiger partial charge in [0.1, 0.15) is 34.3 Å². The molecule has 2 rings (SSSR count). The number of hydrogen-bond donors (Lipinski definition) is 3. The number of carbonyl (C=O) groups excluding carboxylic acids is 1. The molecule has 0 aliphatic carbocycles. The summed E-state index contributed by atoms with van der Waals surface area (Å²) in [7, 11) is 0. The summed E-state index contributed by atoms with van der Waals surface area (Å²) < 4.78 is 0. The topological polar surface area (TPSA) is 150 Å². The van der Waals surface area contributed by atoms with Crippen LogP contribution in [0.2, 0.25) is 0 Å². The van der Waals surface area contributed by atoms with Crippen LogP contribution in [-0.4, -0.2) is 21.2 Å². The minimum atomic E-state index is -0.570. The van der Waals surface area contributed by atoms with Crippen molar-refractivity contribution in [1.29, 1.82) is 10.5 Å². The van der Waals surface area contributed by atoms with E-state index in [0.717, 1.165) is 11.8 Å². The number of hydrogen-bond acceptors (Lipinski definition) is 7. The summed E-state index contributed by atoms with van der Waals surface area (Å²) in [5, 5.41) is 28.2. The van der Waals surface area contributed by atoms with Crippen LogP contribution in [0.3, 0.4) is 0 Å². The molecule has 0 fully saturated rings. The van der Waals surface area contributed by atoms with E-state index < -0.39 is 11.2 Å². The summed E-state index contributed by atoms with van der Waals surface area (Å²) in [5.41, 5.74) is 12.3. The molecule has 1 atom stereocenters. The zero-order valence-electron chi connectivity index (χ0n) is 13.4. The van der Waals surface area contributed by atoms with Crippen molar-refractivity contribution in [2.75, 3.05) is 5.73 Å². The molecular weight excluding hydrogens is 338 g/mol. The van der Waals surface area contributed by atoms with Crippen LogP contribution in [0.15, 0.2) is 29.3 Å². The van der Waals surface area contributed by atoms with Crippen LogP contribution < -0.4 is 11.5 Å². The third-order valence-electron chi connectivity index (χ3n) is 3.51. The SMILES string of the molecule is CCC(Sc1nc(N)c(C#N)c(-c2ccc(O)cc2)c1C#N)C(N)=O. The number of amides is 1. The maximum absolute atomic E-state index is 11.5. The molecule has 1 amide bonds. The van der Waals surface area contributed by atoms with Gasteiger partial charge in [0.05, 0.1) is 10.8 Å². The van der Waals surface area contributed by atoms with Crippen molar-refractivity contribution < 1.29 is 9.90 Å². The van der Waals surface area contributed by atoms with E-state index in [9.17, 15) is 20.4 Å². The number of thioether (sulfide) groups is 1. The van der Waals surface area contributed by atoms with Gasteiger partial charge in [-0.05, 0) is 24.1 Å². The third kappa shape index (κ3) is 3.65. The van der Waals surface area contributed by atoms with Gasteiger partial charge < -0.3 is 16.6 Å². The Balaban J connectivity index is 2.73. The first kappa shape index (κ1) is 18.1. The van der Waals surface area contributed by atoms with Gasteiger partial charge in [-0.1, -0.05) is 30.8 Å². The van der Waals surface area contributed by atoms with Gasteiger partial charge in [-0.15, -0.1) is 0 Å². The first-order chi connectivity index (χ1) is 11.9. The summed E-state index contributed by atoms with van der Waals surface area (Å²) in [6, 6.07) is 10.0. The van der Waals surface area contributed by atoms with Crippen molar-refractivity contribution in [2.24, 2.45) is 5.73 Å². The smallest absolute Gasteiger partial charge is 0.230 e. The average Bonchev–Trinajstić information content (AvgIpc) is 2.59. The predicted molar refractivity (Wildman–Crippen MR) is 94.3 cm³/mol. The maximum Gasteiger partial charge on any atom is 0.230 e. The Kier molecular flexibility index (Phi) is 5.48. The van der Waals surface area contributed by atoms with E-state index in [1.54, 1.807) is 19.1 Å². The molecule has 1 heterocycles. The largest absolute Gasteiger partial charge is 0.508 e. The highest BCUT2D eigenvalue weighted by molar-refractivity contribution is 8.00. The molecule has 1 unspecified atom stereocenters. The van der Waals surface area contributed by atoms with Gasteiger partial charge in [-0.25, -0.2) is 4.98 Å². The lowest BCUT2D eigenvalue weighted by Crippen LogP contribution is -2.25. The van der Waals surface area contributed by atoms with E-state index in [-0.39, 0.29) is 27.7 Å². The summed E-state index contributed by atoms with van der Waals surface area (Å²) in [6.07, 6.45) is 0.459. The highest BCUT2D eigenvalue weighted by Crippen LogP contribution is 2.37. The van der Waals surface area contributed by atoms with Crippen molar-refractivity contribution in [1.82, 2.24) is 4.98 Å². The molecule has 0 saturated carbocycles. The second-order valence-electron chi connectivity index (χ2n) is 5.11. The van der Waals surface area contributed by atoms with Crippen LogP contribution in [0.25, 0.3) is 11.1 Å².